The van der Waals surface area contributed by atoms with Crippen LogP contribution in [0.5, 0.6) is 0 Å². The zero-order valence-corrected chi connectivity index (χ0v) is 9.78. The van der Waals surface area contributed by atoms with E-state index >= 15 is 0 Å². The Morgan fingerprint density at radius 3 is 2.38 bits per heavy atom. The average Bonchev–Trinajstić information content (AvgIpc) is 2.26. The van der Waals surface area contributed by atoms with Gasteiger partial charge in [-0.25, -0.2) is 12.7 Å². The molecule has 0 atom stereocenters. The third kappa shape index (κ3) is 2.49. The van der Waals surface area contributed by atoms with Crippen molar-refractivity contribution in [1.82, 2.24) is 4.31 Å². The maximum atomic E-state index is 12.0. The monoisotopic (exact) mass is 239 g/mol. The minimum atomic E-state index is -3.75. The molecule has 1 aromatic carbocycles. The molecule has 0 aromatic heterocycles. The van der Waals surface area contributed by atoms with E-state index in [-0.39, 0.29) is 11.4 Å². The largest absolute Gasteiger partial charge is 0.274 e. The summed E-state index contributed by atoms with van der Waals surface area (Å²) in [4.78, 5) is 11.4. The summed E-state index contributed by atoms with van der Waals surface area (Å²) in [6, 6.07) is 7.84. The Morgan fingerprint density at radius 2 is 1.94 bits per heavy atom. The van der Waals surface area contributed by atoms with Gasteiger partial charge in [-0.15, -0.1) is 6.58 Å². The van der Waals surface area contributed by atoms with Gasteiger partial charge in [-0.3, -0.25) is 4.79 Å². The van der Waals surface area contributed by atoms with E-state index in [1.165, 1.54) is 25.1 Å². The van der Waals surface area contributed by atoms with Crippen LogP contribution in [0.3, 0.4) is 0 Å². The Labute approximate surface area is 95.2 Å². The molecule has 0 spiro atoms. The number of hydrogen-bond acceptors (Lipinski definition) is 3. The fourth-order valence-electron chi connectivity index (χ4n) is 1.23. The molecule has 0 aliphatic rings. The molecule has 4 nitrogen and oxygen atoms in total. The summed E-state index contributed by atoms with van der Waals surface area (Å²) in [6.45, 7) is 4.62. The topological polar surface area (TPSA) is 54.5 Å². The molecular formula is C11H13NO3S. The van der Waals surface area contributed by atoms with Gasteiger partial charge in [0.25, 0.3) is 10.0 Å². The molecule has 0 aliphatic carbocycles. The summed E-state index contributed by atoms with van der Waals surface area (Å²) >= 11 is 0. The van der Waals surface area contributed by atoms with E-state index in [9.17, 15) is 13.2 Å². The van der Waals surface area contributed by atoms with Crippen LogP contribution in [0.25, 0.3) is 0 Å². The maximum absolute atomic E-state index is 12.0. The maximum Gasteiger partial charge on any atom is 0.266 e. The van der Waals surface area contributed by atoms with Gasteiger partial charge in [0.2, 0.25) is 5.91 Å². The van der Waals surface area contributed by atoms with Crippen LogP contribution >= 0.6 is 0 Å². The van der Waals surface area contributed by atoms with Crippen molar-refractivity contribution >= 4 is 15.9 Å². The van der Waals surface area contributed by atoms with E-state index in [4.69, 9.17) is 0 Å². The summed E-state index contributed by atoms with van der Waals surface area (Å²) in [6.07, 6.45) is 1.38. The van der Waals surface area contributed by atoms with Crippen LogP contribution in [0.4, 0.5) is 0 Å². The molecule has 0 aliphatic heterocycles. The number of amides is 1. The lowest BCUT2D eigenvalue weighted by Gasteiger charge is -2.19. The van der Waals surface area contributed by atoms with Gasteiger partial charge in [-0.1, -0.05) is 24.3 Å². The molecule has 0 N–H and O–H groups in total. The van der Waals surface area contributed by atoms with E-state index < -0.39 is 15.9 Å². The summed E-state index contributed by atoms with van der Waals surface area (Å²) in [5.41, 5.74) is 0. The first-order valence-corrected chi connectivity index (χ1v) is 6.13. The smallest absolute Gasteiger partial charge is 0.266 e. The molecule has 0 bridgehead atoms. The molecule has 0 saturated carbocycles. The Bertz CT molecular complexity index is 479. The van der Waals surface area contributed by atoms with Gasteiger partial charge in [0, 0.05) is 6.92 Å². The van der Waals surface area contributed by atoms with Gasteiger partial charge in [0.05, 0.1) is 11.4 Å². The van der Waals surface area contributed by atoms with Crippen LogP contribution in [0.2, 0.25) is 0 Å². The molecule has 0 fully saturated rings. The van der Waals surface area contributed by atoms with Gasteiger partial charge in [-0.2, -0.15) is 0 Å². The minimum absolute atomic E-state index is 0.0213. The number of hydrogen-bond donors (Lipinski definition) is 0. The molecule has 0 saturated heterocycles. The fourth-order valence-corrected chi connectivity index (χ4v) is 2.63. The van der Waals surface area contributed by atoms with Crippen molar-refractivity contribution in [3.05, 3.63) is 43.0 Å². The lowest BCUT2D eigenvalue weighted by atomic mass is 10.4. The molecule has 5 heteroatoms. The van der Waals surface area contributed by atoms with Crippen LogP contribution < -0.4 is 0 Å². The normalized spacial score (nSPS) is 10.8. The Hall–Kier alpha value is -1.62. The molecule has 0 unspecified atom stereocenters. The first-order chi connectivity index (χ1) is 7.50. The second-order valence-electron chi connectivity index (χ2n) is 3.16. The number of sulfonamides is 1. The van der Waals surface area contributed by atoms with E-state index in [0.717, 1.165) is 4.31 Å². The summed E-state index contributed by atoms with van der Waals surface area (Å²) in [5.74, 6) is -0.524. The molecule has 86 valence electrons. The number of benzene rings is 1. The van der Waals surface area contributed by atoms with Crippen LogP contribution in [0.1, 0.15) is 6.92 Å². The second kappa shape index (κ2) is 4.94. The molecule has 1 rings (SSSR count). The van der Waals surface area contributed by atoms with Crippen molar-refractivity contribution in [2.45, 2.75) is 11.8 Å². The van der Waals surface area contributed by atoms with Crippen molar-refractivity contribution in [3.8, 4) is 0 Å². The molecule has 0 radical (unpaired) electrons. The zero-order valence-electron chi connectivity index (χ0n) is 8.96. The van der Waals surface area contributed by atoms with Crippen molar-refractivity contribution in [2.75, 3.05) is 6.54 Å². The van der Waals surface area contributed by atoms with E-state index in [0.29, 0.717) is 0 Å². The first kappa shape index (κ1) is 12.4. The first-order valence-electron chi connectivity index (χ1n) is 4.69. The van der Waals surface area contributed by atoms with E-state index in [1.54, 1.807) is 18.2 Å². The van der Waals surface area contributed by atoms with Crippen molar-refractivity contribution in [1.29, 1.82) is 0 Å². The number of carbonyl (C=O) groups excluding carboxylic acids is 1. The summed E-state index contributed by atoms with van der Waals surface area (Å²) in [7, 11) is -3.75. The molecule has 1 aromatic rings. The van der Waals surface area contributed by atoms with Crippen molar-refractivity contribution in [3.63, 3.8) is 0 Å². The third-order valence-corrected chi connectivity index (χ3v) is 3.83. The van der Waals surface area contributed by atoms with Crippen LogP contribution in [0.15, 0.2) is 47.9 Å². The van der Waals surface area contributed by atoms with Crippen LogP contribution in [-0.4, -0.2) is 25.2 Å². The van der Waals surface area contributed by atoms with Crippen molar-refractivity contribution in [2.24, 2.45) is 0 Å². The second-order valence-corrected chi connectivity index (χ2v) is 5.02. The predicted octanol–water partition coefficient (Wildman–Crippen LogP) is 1.41. The van der Waals surface area contributed by atoms with Gasteiger partial charge in [0.1, 0.15) is 0 Å². The SMILES string of the molecule is C=CCN(C(C)=O)S(=O)(=O)c1ccccc1. The highest BCUT2D eigenvalue weighted by atomic mass is 32.2. The van der Waals surface area contributed by atoms with Gasteiger partial charge in [-0.05, 0) is 12.1 Å². The quantitative estimate of drug-likeness (QED) is 0.746. The standard InChI is InChI=1S/C11H13NO3S/c1-3-9-12(10(2)13)16(14,15)11-7-5-4-6-8-11/h3-8H,1,9H2,2H3. The molecular weight excluding hydrogens is 226 g/mol. The molecule has 0 heterocycles. The highest BCUT2D eigenvalue weighted by molar-refractivity contribution is 7.89. The number of carbonyl (C=O) groups is 1. The number of rotatable bonds is 4. The van der Waals surface area contributed by atoms with Gasteiger partial charge in [0.15, 0.2) is 0 Å². The van der Waals surface area contributed by atoms with E-state index in [1.807, 2.05) is 0 Å². The Kier molecular flexibility index (Phi) is 3.84. The van der Waals surface area contributed by atoms with Crippen molar-refractivity contribution < 1.29 is 13.2 Å². The Morgan fingerprint density at radius 1 is 1.38 bits per heavy atom. The molecule has 16 heavy (non-hydrogen) atoms. The Balaban J connectivity index is 3.19. The average molecular weight is 239 g/mol. The molecule has 1 amide bonds. The summed E-state index contributed by atoms with van der Waals surface area (Å²) in [5, 5.41) is 0. The van der Waals surface area contributed by atoms with Gasteiger partial charge < -0.3 is 0 Å². The highest BCUT2D eigenvalue weighted by Gasteiger charge is 2.25. The van der Waals surface area contributed by atoms with Crippen LogP contribution in [-0.2, 0) is 14.8 Å². The highest BCUT2D eigenvalue weighted by Crippen LogP contribution is 2.14. The fraction of sp³-hybridized carbons (Fsp3) is 0.182. The van der Waals surface area contributed by atoms with Crippen LogP contribution in [0, 0.1) is 0 Å². The van der Waals surface area contributed by atoms with E-state index in [2.05, 4.69) is 6.58 Å². The number of nitrogens with zero attached hydrogens (tertiary/aromatic N) is 1. The third-order valence-electron chi connectivity index (χ3n) is 1.98. The lowest BCUT2D eigenvalue weighted by Crippen LogP contribution is -2.35. The lowest BCUT2D eigenvalue weighted by molar-refractivity contribution is -0.123. The summed E-state index contributed by atoms with van der Waals surface area (Å²) < 4.78 is 24.8. The minimum Gasteiger partial charge on any atom is -0.274 e. The van der Waals surface area contributed by atoms with Gasteiger partial charge >= 0.3 is 0 Å². The predicted molar refractivity (Wildman–Crippen MR) is 61.2 cm³/mol. The zero-order chi connectivity index (χ0) is 12.2.